The molecule has 0 aromatic rings. The van der Waals surface area contributed by atoms with E-state index in [9.17, 15) is 19.2 Å². The van der Waals surface area contributed by atoms with Gasteiger partial charge in [-0.15, -0.1) is 0 Å². The molecule has 0 saturated carbocycles. The van der Waals surface area contributed by atoms with Crippen LogP contribution in [0.3, 0.4) is 0 Å². The molecule has 0 aliphatic carbocycles. The highest BCUT2D eigenvalue weighted by atomic mass is 16.6. The van der Waals surface area contributed by atoms with Crippen LogP contribution in [0.15, 0.2) is 17.0 Å². The monoisotopic (exact) mass is 438 g/mol. The molecule has 31 heavy (non-hydrogen) atoms. The number of ether oxygens (including phenoxy) is 2. The number of oxime groups is 1. The summed E-state index contributed by atoms with van der Waals surface area (Å²) in [5.41, 5.74) is -0.857. The summed E-state index contributed by atoms with van der Waals surface area (Å²) in [6.07, 6.45) is 3.90. The first-order valence-electron chi connectivity index (χ1n) is 10.1. The lowest BCUT2D eigenvalue weighted by molar-refractivity contribution is -0.133. The molecule has 11 nitrogen and oxygen atoms in total. The van der Waals surface area contributed by atoms with E-state index in [1.807, 2.05) is 13.8 Å². The van der Waals surface area contributed by atoms with Gasteiger partial charge in [-0.25, -0.2) is 0 Å². The third-order valence-corrected chi connectivity index (χ3v) is 4.69. The summed E-state index contributed by atoms with van der Waals surface area (Å²) < 4.78 is 10.2. The summed E-state index contributed by atoms with van der Waals surface area (Å²) in [5, 5.41) is 11.1. The molecule has 2 aliphatic rings. The number of hydrogen-bond acceptors (Lipinski definition) is 8. The second-order valence-corrected chi connectivity index (χ2v) is 8.02. The molecular formula is C20H30N4O7. The molecule has 2 aliphatic heterocycles. The standard InChI is InChI=1S/C20H30N4O7/c1-12(2)8-13(17(26)20(3)11-30-20)23-16(25)9-21-18(27)14(10-29-4)24-19(28)15-6-5-7-22-31-15/h6-7,12-14H,5,8-11H2,1-4H3,(H,21,27)(H,23,25)(H,24,28)/t13-,14-,20?/m0/s1. The summed E-state index contributed by atoms with van der Waals surface area (Å²) >= 11 is 0. The molecule has 0 aromatic heterocycles. The van der Waals surface area contributed by atoms with Crippen molar-refractivity contribution in [2.24, 2.45) is 11.1 Å². The molecule has 1 saturated heterocycles. The van der Waals surface area contributed by atoms with Crippen LogP contribution in [0.5, 0.6) is 0 Å². The molecule has 11 heteroatoms. The van der Waals surface area contributed by atoms with Crippen molar-refractivity contribution in [1.82, 2.24) is 16.0 Å². The van der Waals surface area contributed by atoms with Crippen LogP contribution in [0.2, 0.25) is 0 Å². The first-order valence-corrected chi connectivity index (χ1v) is 10.1. The second kappa shape index (κ2) is 11.0. The molecule has 0 radical (unpaired) electrons. The van der Waals surface area contributed by atoms with Gasteiger partial charge in [-0.1, -0.05) is 19.0 Å². The molecule has 0 bridgehead atoms. The number of allylic oxidation sites excluding steroid dienone is 1. The Labute approximate surface area is 180 Å². The minimum absolute atomic E-state index is 0.0278. The smallest absolute Gasteiger partial charge is 0.290 e. The number of rotatable bonds is 12. The number of methoxy groups -OCH3 is 1. The van der Waals surface area contributed by atoms with Gasteiger partial charge in [-0.2, -0.15) is 0 Å². The van der Waals surface area contributed by atoms with E-state index in [0.717, 1.165) is 0 Å². The fraction of sp³-hybridized carbons (Fsp3) is 0.650. The van der Waals surface area contributed by atoms with E-state index in [2.05, 4.69) is 21.1 Å². The number of nitrogens with zero attached hydrogens (tertiary/aromatic N) is 1. The number of nitrogens with one attached hydrogen (secondary N) is 3. The van der Waals surface area contributed by atoms with Crippen LogP contribution < -0.4 is 16.0 Å². The van der Waals surface area contributed by atoms with Crippen molar-refractivity contribution in [2.45, 2.75) is 51.3 Å². The number of Topliss-reactive ketones (excluding diaryl/α,β-unsaturated/α-hetero) is 1. The average molecular weight is 438 g/mol. The zero-order valence-corrected chi connectivity index (χ0v) is 18.2. The molecule has 1 unspecified atom stereocenters. The number of amides is 3. The maximum absolute atomic E-state index is 12.6. The predicted molar refractivity (Wildman–Crippen MR) is 110 cm³/mol. The third-order valence-electron chi connectivity index (χ3n) is 4.69. The van der Waals surface area contributed by atoms with Crippen LogP contribution in [0.1, 0.15) is 33.6 Å². The maximum atomic E-state index is 12.6. The minimum atomic E-state index is -1.05. The zero-order valence-electron chi connectivity index (χ0n) is 18.2. The van der Waals surface area contributed by atoms with Crippen molar-refractivity contribution in [3.63, 3.8) is 0 Å². The van der Waals surface area contributed by atoms with E-state index in [4.69, 9.17) is 14.3 Å². The lowest BCUT2D eigenvalue weighted by Gasteiger charge is -2.22. The quantitative estimate of drug-likeness (QED) is 0.345. The van der Waals surface area contributed by atoms with Crippen LogP contribution in [-0.4, -0.2) is 74.3 Å². The van der Waals surface area contributed by atoms with E-state index >= 15 is 0 Å². The normalized spacial score (nSPS) is 21.4. The highest BCUT2D eigenvalue weighted by molar-refractivity contribution is 5.98. The number of ketones is 1. The van der Waals surface area contributed by atoms with Gasteiger partial charge in [-0.05, 0) is 25.3 Å². The van der Waals surface area contributed by atoms with Crippen LogP contribution in [-0.2, 0) is 33.5 Å². The second-order valence-electron chi connectivity index (χ2n) is 8.02. The fourth-order valence-corrected chi connectivity index (χ4v) is 2.91. The SMILES string of the molecule is COC[C@H](NC(=O)C1=CCC=NO1)C(=O)NCC(=O)N[C@@H](CC(C)C)C(=O)C1(C)CO1. The Kier molecular flexibility index (Phi) is 8.69. The molecule has 0 aromatic carbocycles. The third kappa shape index (κ3) is 7.44. The molecule has 172 valence electrons. The topological polar surface area (TPSA) is 148 Å². The Balaban J connectivity index is 1.88. The first-order chi connectivity index (χ1) is 14.7. The van der Waals surface area contributed by atoms with Crippen molar-refractivity contribution in [3.05, 3.63) is 11.8 Å². The molecule has 2 rings (SSSR count). The molecule has 3 atom stereocenters. The van der Waals surface area contributed by atoms with Crippen LogP contribution in [0, 0.1) is 5.92 Å². The van der Waals surface area contributed by atoms with Crippen molar-refractivity contribution in [3.8, 4) is 0 Å². The zero-order chi connectivity index (χ0) is 23.0. The van der Waals surface area contributed by atoms with Crippen molar-refractivity contribution >= 4 is 29.7 Å². The summed E-state index contributed by atoms with van der Waals surface area (Å²) in [7, 11) is 1.38. The number of hydrogen-bond donors (Lipinski definition) is 3. The fourth-order valence-electron chi connectivity index (χ4n) is 2.91. The summed E-state index contributed by atoms with van der Waals surface area (Å²) in [6, 6.07) is -1.75. The summed E-state index contributed by atoms with van der Waals surface area (Å²) in [6.45, 7) is 5.43. The maximum Gasteiger partial charge on any atom is 0.290 e. The largest absolute Gasteiger partial charge is 0.382 e. The van der Waals surface area contributed by atoms with Gasteiger partial charge in [0.25, 0.3) is 5.91 Å². The first kappa shape index (κ1) is 24.5. The Morgan fingerprint density at radius 2 is 1.94 bits per heavy atom. The number of carbonyl (C=O) groups is 4. The van der Waals surface area contributed by atoms with E-state index in [1.165, 1.54) is 19.4 Å². The molecule has 1 fully saturated rings. The van der Waals surface area contributed by atoms with Crippen molar-refractivity contribution < 1.29 is 33.5 Å². The van der Waals surface area contributed by atoms with Gasteiger partial charge < -0.3 is 30.3 Å². The number of epoxide rings is 1. The van der Waals surface area contributed by atoms with Crippen LogP contribution >= 0.6 is 0 Å². The van der Waals surface area contributed by atoms with Gasteiger partial charge in [0.15, 0.2) is 5.78 Å². The van der Waals surface area contributed by atoms with Gasteiger partial charge in [0.1, 0.15) is 11.6 Å². The van der Waals surface area contributed by atoms with Gasteiger partial charge in [-0.3, -0.25) is 19.2 Å². The molecular weight excluding hydrogens is 408 g/mol. The highest BCUT2D eigenvalue weighted by Crippen LogP contribution is 2.29. The highest BCUT2D eigenvalue weighted by Gasteiger charge is 2.50. The Bertz CT molecular complexity index is 759. The molecule has 3 N–H and O–H groups in total. The summed E-state index contributed by atoms with van der Waals surface area (Å²) in [4.78, 5) is 54.5. The Morgan fingerprint density at radius 3 is 2.48 bits per heavy atom. The average Bonchev–Trinajstić information content (AvgIpc) is 3.49. The Hall–Kier alpha value is -2.79. The molecule has 3 amide bonds. The van der Waals surface area contributed by atoms with E-state index in [0.29, 0.717) is 19.4 Å². The van der Waals surface area contributed by atoms with Gasteiger partial charge >= 0.3 is 0 Å². The van der Waals surface area contributed by atoms with Crippen LogP contribution in [0.4, 0.5) is 0 Å². The predicted octanol–water partition coefficient (Wildman–Crippen LogP) is -0.587. The van der Waals surface area contributed by atoms with Gasteiger partial charge in [0, 0.05) is 19.7 Å². The lowest BCUT2D eigenvalue weighted by atomic mass is 9.93. The molecule has 2 heterocycles. The number of carbonyl (C=O) groups excluding carboxylic acids is 4. The van der Waals surface area contributed by atoms with Crippen molar-refractivity contribution in [2.75, 3.05) is 26.9 Å². The van der Waals surface area contributed by atoms with E-state index in [1.54, 1.807) is 6.92 Å². The molecule has 0 spiro atoms. The lowest BCUT2D eigenvalue weighted by Crippen LogP contribution is -2.53. The van der Waals surface area contributed by atoms with E-state index < -0.39 is 35.4 Å². The van der Waals surface area contributed by atoms with Gasteiger partial charge in [0.05, 0.1) is 25.8 Å². The van der Waals surface area contributed by atoms with E-state index in [-0.39, 0.29) is 30.6 Å². The summed E-state index contributed by atoms with van der Waals surface area (Å²) in [5.74, 6) is -1.80. The van der Waals surface area contributed by atoms with Gasteiger partial charge in [0.2, 0.25) is 17.6 Å². The van der Waals surface area contributed by atoms with Crippen molar-refractivity contribution in [1.29, 1.82) is 0 Å². The Morgan fingerprint density at radius 1 is 1.23 bits per heavy atom. The van der Waals surface area contributed by atoms with Crippen LogP contribution in [0.25, 0.3) is 0 Å². The minimum Gasteiger partial charge on any atom is -0.382 e.